The predicted octanol–water partition coefficient (Wildman–Crippen LogP) is 2.82. The van der Waals surface area contributed by atoms with E-state index in [0.717, 1.165) is 11.3 Å². The van der Waals surface area contributed by atoms with Crippen LogP contribution in [0.15, 0.2) is 24.3 Å². The number of esters is 1. The van der Waals surface area contributed by atoms with Gasteiger partial charge in [-0.1, -0.05) is 18.2 Å². The predicted molar refractivity (Wildman–Crippen MR) is 86.0 cm³/mol. The average molecular weight is 317 g/mol. The molecule has 1 amide bonds. The minimum atomic E-state index is -0.744. The van der Waals surface area contributed by atoms with E-state index in [4.69, 9.17) is 9.47 Å². The van der Waals surface area contributed by atoms with Crippen LogP contribution in [0.4, 0.5) is 5.69 Å². The molecule has 1 spiro atoms. The van der Waals surface area contributed by atoms with Crippen molar-refractivity contribution in [1.82, 2.24) is 0 Å². The molecule has 1 N–H and O–H groups in total. The number of hydrogen-bond donors (Lipinski definition) is 1. The van der Waals surface area contributed by atoms with Gasteiger partial charge in [-0.2, -0.15) is 0 Å². The number of ether oxygens (including phenoxy) is 2. The lowest BCUT2D eigenvalue weighted by molar-refractivity contribution is -0.178. The van der Waals surface area contributed by atoms with Crippen molar-refractivity contribution >= 4 is 17.6 Å². The van der Waals surface area contributed by atoms with E-state index < -0.39 is 17.1 Å². The minimum Gasteiger partial charge on any atom is -0.458 e. The molecule has 0 saturated carbocycles. The van der Waals surface area contributed by atoms with Crippen molar-refractivity contribution in [2.75, 3.05) is 11.9 Å². The Balaban J connectivity index is 1.83. The van der Waals surface area contributed by atoms with Crippen molar-refractivity contribution in [2.24, 2.45) is 5.92 Å². The van der Waals surface area contributed by atoms with Gasteiger partial charge in [-0.15, -0.1) is 0 Å². The highest BCUT2D eigenvalue weighted by molar-refractivity contribution is 5.97. The minimum absolute atomic E-state index is 0.133. The molecular formula is C18H23NO4. The van der Waals surface area contributed by atoms with Gasteiger partial charge in [0.1, 0.15) is 5.60 Å². The molecule has 23 heavy (non-hydrogen) atoms. The number of carbonyl (C=O) groups is 2. The van der Waals surface area contributed by atoms with Crippen LogP contribution >= 0.6 is 0 Å². The van der Waals surface area contributed by atoms with Crippen molar-refractivity contribution in [3.8, 4) is 0 Å². The van der Waals surface area contributed by atoms with Gasteiger partial charge in [0, 0.05) is 18.5 Å². The maximum atomic E-state index is 12.8. The molecule has 0 aromatic heterocycles. The Bertz CT molecular complexity index is 640. The molecule has 2 atom stereocenters. The van der Waals surface area contributed by atoms with Crippen LogP contribution in [0.3, 0.4) is 0 Å². The normalized spacial score (nSPS) is 29.3. The molecule has 2 aliphatic rings. The summed E-state index contributed by atoms with van der Waals surface area (Å²) in [6.45, 7) is 6.38. The van der Waals surface area contributed by atoms with Gasteiger partial charge in [0.15, 0.2) is 0 Å². The third kappa shape index (κ3) is 3.11. The fraction of sp³-hybridized carbons (Fsp3) is 0.556. The Morgan fingerprint density at radius 1 is 1.30 bits per heavy atom. The molecule has 2 heterocycles. The number of amides is 1. The smallest absolute Gasteiger partial charge is 0.307 e. The Morgan fingerprint density at radius 3 is 2.74 bits per heavy atom. The lowest BCUT2D eigenvalue weighted by Gasteiger charge is -2.43. The quantitative estimate of drug-likeness (QED) is 0.852. The summed E-state index contributed by atoms with van der Waals surface area (Å²) in [6, 6.07) is 7.62. The second-order valence-electron chi connectivity index (χ2n) is 7.13. The van der Waals surface area contributed by atoms with Crippen molar-refractivity contribution in [3.05, 3.63) is 29.8 Å². The molecule has 0 unspecified atom stereocenters. The Hall–Kier alpha value is -1.88. The number of anilines is 1. The fourth-order valence-electron chi connectivity index (χ4n) is 3.70. The zero-order valence-corrected chi connectivity index (χ0v) is 13.8. The number of rotatable bonds is 2. The summed E-state index contributed by atoms with van der Waals surface area (Å²) in [7, 11) is 0. The second-order valence-corrected chi connectivity index (χ2v) is 7.13. The summed E-state index contributed by atoms with van der Waals surface area (Å²) in [5.74, 6) is -0.923. The first-order valence-corrected chi connectivity index (χ1v) is 8.04. The van der Waals surface area contributed by atoms with Gasteiger partial charge >= 0.3 is 5.97 Å². The summed E-state index contributed by atoms with van der Waals surface area (Å²) < 4.78 is 11.4. The van der Waals surface area contributed by atoms with Crippen molar-refractivity contribution in [2.45, 2.75) is 51.2 Å². The van der Waals surface area contributed by atoms with Crippen molar-refractivity contribution in [1.29, 1.82) is 0 Å². The molecule has 5 heteroatoms. The van der Waals surface area contributed by atoms with Gasteiger partial charge in [-0.3, -0.25) is 9.59 Å². The monoisotopic (exact) mass is 317 g/mol. The van der Waals surface area contributed by atoms with Crippen LogP contribution < -0.4 is 5.32 Å². The maximum Gasteiger partial charge on any atom is 0.307 e. The number of carbonyl (C=O) groups excluding carboxylic acids is 2. The number of hydrogen-bond acceptors (Lipinski definition) is 4. The molecule has 3 rings (SSSR count). The van der Waals surface area contributed by atoms with Crippen molar-refractivity contribution in [3.63, 3.8) is 0 Å². The summed E-state index contributed by atoms with van der Waals surface area (Å²) in [5.41, 5.74) is 0.626. The first-order valence-electron chi connectivity index (χ1n) is 8.04. The topological polar surface area (TPSA) is 64.6 Å². The van der Waals surface area contributed by atoms with E-state index >= 15 is 0 Å². The van der Waals surface area contributed by atoms with Gasteiger partial charge in [0.05, 0.1) is 24.5 Å². The lowest BCUT2D eigenvalue weighted by Crippen LogP contribution is -2.52. The standard InChI is InChI=1S/C18H23NO4/c1-12-6-4-5-7-14(12)19-16(21)13-10-15(20)23-18(13)8-9-22-17(2,3)11-18/h4-7,13H,8-11H2,1-3H3,(H,19,21)/t13-,18-/m1/s1. The zero-order chi connectivity index (χ0) is 16.7. The summed E-state index contributed by atoms with van der Waals surface area (Å²) in [5, 5.41) is 2.96. The van der Waals surface area contributed by atoms with E-state index in [1.54, 1.807) is 0 Å². The highest BCUT2D eigenvalue weighted by atomic mass is 16.6. The first-order chi connectivity index (χ1) is 10.8. The molecule has 124 valence electrons. The highest BCUT2D eigenvalue weighted by Crippen LogP contribution is 2.46. The summed E-state index contributed by atoms with van der Waals surface area (Å²) in [4.78, 5) is 24.7. The van der Waals surface area contributed by atoms with E-state index in [9.17, 15) is 9.59 Å². The van der Waals surface area contributed by atoms with E-state index in [0.29, 0.717) is 19.4 Å². The zero-order valence-electron chi connectivity index (χ0n) is 13.8. The molecule has 2 aliphatic heterocycles. The molecule has 2 fully saturated rings. The van der Waals surface area contributed by atoms with E-state index in [1.807, 2.05) is 45.0 Å². The Labute approximate surface area is 136 Å². The second kappa shape index (κ2) is 5.64. The van der Waals surface area contributed by atoms with Crippen LogP contribution in [0.1, 0.15) is 38.7 Å². The van der Waals surface area contributed by atoms with Gasteiger partial charge in [0.25, 0.3) is 0 Å². The number of para-hydroxylation sites is 1. The molecule has 1 aromatic rings. The molecule has 1 aromatic carbocycles. The third-order valence-electron chi connectivity index (χ3n) is 4.79. The number of nitrogens with one attached hydrogen (secondary N) is 1. The molecule has 0 bridgehead atoms. The van der Waals surface area contributed by atoms with E-state index in [1.165, 1.54) is 0 Å². The molecule has 0 radical (unpaired) electrons. The average Bonchev–Trinajstić information content (AvgIpc) is 2.76. The van der Waals surface area contributed by atoms with Crippen LogP contribution in [0, 0.1) is 12.8 Å². The molecule has 0 aliphatic carbocycles. The van der Waals surface area contributed by atoms with Gasteiger partial charge < -0.3 is 14.8 Å². The van der Waals surface area contributed by atoms with Gasteiger partial charge in [-0.25, -0.2) is 0 Å². The first kappa shape index (κ1) is 16.0. The van der Waals surface area contributed by atoms with E-state index in [-0.39, 0.29) is 18.3 Å². The van der Waals surface area contributed by atoms with Crippen LogP contribution in [0.2, 0.25) is 0 Å². The lowest BCUT2D eigenvalue weighted by atomic mass is 9.75. The third-order valence-corrected chi connectivity index (χ3v) is 4.79. The SMILES string of the molecule is Cc1ccccc1NC(=O)[C@H]1CC(=O)O[C@@]12CCOC(C)(C)C2. The van der Waals surface area contributed by atoms with E-state index in [2.05, 4.69) is 5.32 Å². The maximum absolute atomic E-state index is 12.8. The summed E-state index contributed by atoms with van der Waals surface area (Å²) >= 11 is 0. The van der Waals surface area contributed by atoms with Crippen LogP contribution in [0.5, 0.6) is 0 Å². The fourth-order valence-corrected chi connectivity index (χ4v) is 3.70. The molecule has 2 saturated heterocycles. The Morgan fingerprint density at radius 2 is 2.04 bits per heavy atom. The van der Waals surface area contributed by atoms with Gasteiger partial charge in [0.2, 0.25) is 5.91 Å². The largest absolute Gasteiger partial charge is 0.458 e. The highest BCUT2D eigenvalue weighted by Gasteiger charge is 2.56. The van der Waals surface area contributed by atoms with Crippen LogP contribution in [0.25, 0.3) is 0 Å². The number of aryl methyl sites for hydroxylation is 1. The van der Waals surface area contributed by atoms with Crippen molar-refractivity contribution < 1.29 is 19.1 Å². The summed E-state index contributed by atoms with van der Waals surface area (Å²) in [6.07, 6.45) is 1.24. The van der Waals surface area contributed by atoms with Gasteiger partial charge in [-0.05, 0) is 32.4 Å². The van der Waals surface area contributed by atoms with Crippen LogP contribution in [-0.4, -0.2) is 29.7 Å². The number of benzene rings is 1. The van der Waals surface area contributed by atoms with Crippen LogP contribution in [-0.2, 0) is 19.1 Å². The molecule has 5 nitrogen and oxygen atoms in total. The Kier molecular flexibility index (Phi) is 3.92. The molecular weight excluding hydrogens is 294 g/mol.